The molecule has 8 N–H and O–H groups in total. The fraction of sp³-hybridized carbons (Fsp3) is 0.417. The SMILES string of the molecule is Cc1cnc(Cl)c([N+](=O)[O-])c1.Cc1cnc(NC2CCCCC2)c(N)c1.NC1CCCCC1.O=C(O)c1ccc(=O)[nH]c1.O=C(O)c1cnc2c(c1)nc(-c1ccccn1)n2C1CCCCC1. The van der Waals surface area contributed by atoms with Crippen LogP contribution in [0.2, 0.25) is 5.15 Å². The van der Waals surface area contributed by atoms with Gasteiger partial charge in [-0.25, -0.2) is 29.5 Å². The van der Waals surface area contributed by atoms with E-state index in [-0.39, 0.29) is 27.5 Å². The number of carboxylic acid groups (broad SMARTS) is 2. The molecule has 3 aliphatic carbocycles. The van der Waals surface area contributed by atoms with Gasteiger partial charge < -0.3 is 36.5 Å². The van der Waals surface area contributed by atoms with Crippen LogP contribution in [0.3, 0.4) is 0 Å². The van der Waals surface area contributed by atoms with E-state index >= 15 is 0 Å². The number of pyridine rings is 5. The quantitative estimate of drug-likeness (QED) is 0.0493. The highest BCUT2D eigenvalue weighted by atomic mass is 35.5. The van der Waals surface area contributed by atoms with Crippen molar-refractivity contribution < 1.29 is 24.7 Å². The Bertz CT molecular complexity index is 2590. The number of rotatable bonds is 7. The maximum atomic E-state index is 11.2. The Morgan fingerprint density at radius 3 is 1.97 bits per heavy atom. The molecule has 6 aromatic heterocycles. The molecule has 0 radical (unpaired) electrons. The van der Waals surface area contributed by atoms with Gasteiger partial charge in [0.1, 0.15) is 17.0 Å². The highest BCUT2D eigenvalue weighted by Gasteiger charge is 2.24. The molecule has 0 aliphatic heterocycles. The second kappa shape index (κ2) is 25.8. The number of nitrogens with two attached hydrogens (primary N) is 2. The number of aromatic carboxylic acids is 2. The van der Waals surface area contributed by atoms with Gasteiger partial charge >= 0.3 is 17.6 Å². The van der Waals surface area contributed by atoms with E-state index in [1.165, 1.54) is 114 Å². The minimum Gasteiger partial charge on any atom is -0.478 e. The lowest BCUT2D eigenvalue weighted by molar-refractivity contribution is -0.385. The predicted octanol–water partition coefficient (Wildman–Crippen LogP) is 9.72. The van der Waals surface area contributed by atoms with Crippen LogP contribution >= 0.6 is 11.6 Å². The molecular weight excluding hydrogens is 878 g/mol. The number of imidazole rings is 1. The Hall–Kier alpha value is -6.79. The van der Waals surface area contributed by atoms with Crippen LogP contribution in [0.25, 0.3) is 22.7 Å². The molecule has 0 aromatic carbocycles. The standard InChI is InChI=1S/C18H18N4O2.C12H19N3.C6H5ClN2O2.C6H5NO3.C6H13N/c23-18(24)12-10-15-16(20-11-12)22(13-6-2-1-3-7-13)17(21-15)14-8-4-5-9-19-14;1-9-7-11(13)12(14-8-9)15-10-5-3-2-4-6-10;1-4-2-5(9(10)11)6(7)8-3-4;8-5-2-1-4(3-7-5)6(9)10;7-6-4-2-1-3-5-6/h4-5,8-11,13H,1-3,6-7H2,(H,23,24);7-8,10H,2-6,13H2,1H3,(H,14,15);2-3H,1H3;1-3H,(H,7,8)(H,9,10);6H,1-5,7H2. The van der Waals surface area contributed by atoms with Crippen molar-refractivity contribution in [2.75, 3.05) is 11.1 Å². The molecule has 18 nitrogen and oxygen atoms in total. The van der Waals surface area contributed by atoms with Crippen molar-refractivity contribution in [2.24, 2.45) is 5.73 Å². The largest absolute Gasteiger partial charge is 0.478 e. The average Bonchev–Trinajstić information content (AvgIpc) is 3.72. The van der Waals surface area contributed by atoms with E-state index in [0.717, 1.165) is 58.8 Å². The minimum absolute atomic E-state index is 0.0689. The number of H-pyrrole nitrogens is 1. The molecule has 3 fully saturated rings. The molecular formula is C48H60ClN11O7. The van der Waals surface area contributed by atoms with E-state index in [2.05, 4.69) is 39.8 Å². The number of nitrogens with one attached hydrogen (secondary N) is 2. The normalized spacial score (nSPS) is 15.2. The monoisotopic (exact) mass is 937 g/mol. The van der Waals surface area contributed by atoms with Crippen LogP contribution < -0.4 is 22.3 Å². The summed E-state index contributed by atoms with van der Waals surface area (Å²) in [6, 6.07) is 14.5. The number of halogens is 1. The van der Waals surface area contributed by atoms with Crippen molar-refractivity contribution in [3.8, 4) is 11.5 Å². The third kappa shape index (κ3) is 16.0. The molecule has 3 saturated carbocycles. The number of nitrogens with zero attached hydrogens (tertiary/aromatic N) is 7. The molecule has 6 heterocycles. The van der Waals surface area contributed by atoms with Gasteiger partial charge in [0.2, 0.25) is 10.7 Å². The highest BCUT2D eigenvalue weighted by Crippen LogP contribution is 2.35. The molecule has 0 amide bonds. The predicted molar refractivity (Wildman–Crippen MR) is 259 cm³/mol. The number of aromatic amines is 1. The van der Waals surface area contributed by atoms with Crippen LogP contribution in [-0.4, -0.2) is 73.6 Å². The van der Waals surface area contributed by atoms with Crippen molar-refractivity contribution in [3.63, 3.8) is 0 Å². The lowest BCUT2D eigenvalue weighted by atomic mass is 9.95. The van der Waals surface area contributed by atoms with Gasteiger partial charge in [-0.3, -0.25) is 19.9 Å². The van der Waals surface area contributed by atoms with Crippen LogP contribution in [0.1, 0.15) is 134 Å². The zero-order valence-corrected chi connectivity index (χ0v) is 38.7. The van der Waals surface area contributed by atoms with Gasteiger partial charge in [0, 0.05) is 61.2 Å². The van der Waals surface area contributed by atoms with Crippen LogP contribution in [0.5, 0.6) is 0 Å². The van der Waals surface area contributed by atoms with Crippen molar-refractivity contribution in [3.05, 3.63) is 127 Å². The Morgan fingerprint density at radius 2 is 1.43 bits per heavy atom. The number of carbonyl (C=O) groups is 2. The van der Waals surface area contributed by atoms with Gasteiger partial charge in [-0.2, -0.15) is 0 Å². The number of fused-ring (bicyclic) bond motifs is 1. The number of hydrogen-bond acceptors (Lipinski definition) is 13. The molecule has 6 aromatic rings. The summed E-state index contributed by atoms with van der Waals surface area (Å²) < 4.78 is 2.16. The molecule has 0 spiro atoms. The summed E-state index contributed by atoms with van der Waals surface area (Å²) in [7, 11) is 0. The number of hydrogen-bond donors (Lipinski definition) is 6. The van der Waals surface area contributed by atoms with Crippen molar-refractivity contribution in [1.29, 1.82) is 0 Å². The average molecular weight is 939 g/mol. The molecule has 356 valence electrons. The Labute approximate surface area is 393 Å². The fourth-order valence-corrected chi connectivity index (χ4v) is 8.13. The molecule has 0 atom stereocenters. The van der Waals surface area contributed by atoms with E-state index < -0.39 is 16.9 Å². The van der Waals surface area contributed by atoms with E-state index in [0.29, 0.717) is 23.6 Å². The fourth-order valence-electron chi connectivity index (χ4n) is 7.96. The van der Waals surface area contributed by atoms with Gasteiger partial charge in [0.25, 0.3) is 0 Å². The first-order chi connectivity index (χ1) is 32.2. The third-order valence-electron chi connectivity index (χ3n) is 11.4. The van der Waals surface area contributed by atoms with E-state index in [4.69, 9.17) is 28.2 Å². The van der Waals surface area contributed by atoms with Crippen molar-refractivity contribution in [2.45, 2.75) is 128 Å². The molecule has 9 rings (SSSR count). The molecule has 3 aliphatic rings. The number of nitrogen functional groups attached to an aromatic ring is 1. The first kappa shape index (κ1) is 51.2. The lowest BCUT2D eigenvalue weighted by Gasteiger charge is -2.25. The van der Waals surface area contributed by atoms with Crippen LogP contribution in [0.15, 0.2) is 84.3 Å². The van der Waals surface area contributed by atoms with Gasteiger partial charge in [-0.15, -0.1) is 0 Å². The molecule has 0 saturated heterocycles. The summed E-state index contributed by atoms with van der Waals surface area (Å²) >= 11 is 5.44. The first-order valence-electron chi connectivity index (χ1n) is 22.7. The Kier molecular flexibility index (Phi) is 19.7. The van der Waals surface area contributed by atoms with Crippen molar-refractivity contribution in [1.82, 2.24) is 34.5 Å². The van der Waals surface area contributed by atoms with E-state index in [9.17, 15) is 29.6 Å². The second-order valence-electron chi connectivity index (χ2n) is 16.8. The van der Waals surface area contributed by atoms with Gasteiger partial charge in [-0.1, -0.05) is 75.5 Å². The molecule has 19 heteroatoms. The van der Waals surface area contributed by atoms with Crippen molar-refractivity contribution >= 4 is 51.9 Å². The molecule has 67 heavy (non-hydrogen) atoms. The van der Waals surface area contributed by atoms with Gasteiger partial charge in [0.05, 0.1) is 21.7 Å². The number of aromatic nitrogens is 7. The molecule has 0 bridgehead atoms. The van der Waals surface area contributed by atoms with Crippen LogP contribution in [-0.2, 0) is 0 Å². The number of nitro groups is 1. The topological polar surface area (TPSA) is 284 Å². The second-order valence-corrected chi connectivity index (χ2v) is 17.2. The molecule has 0 unspecified atom stereocenters. The summed E-state index contributed by atoms with van der Waals surface area (Å²) in [4.78, 5) is 65.2. The zero-order valence-electron chi connectivity index (χ0n) is 37.9. The first-order valence-corrected chi connectivity index (χ1v) is 23.0. The maximum absolute atomic E-state index is 11.2. The Morgan fingerprint density at radius 1 is 0.806 bits per heavy atom. The van der Waals surface area contributed by atoms with E-state index in [1.54, 1.807) is 19.2 Å². The zero-order chi connectivity index (χ0) is 48.3. The summed E-state index contributed by atoms with van der Waals surface area (Å²) in [6.07, 6.45) is 26.7. The maximum Gasteiger partial charge on any atom is 0.337 e. The highest BCUT2D eigenvalue weighted by molar-refractivity contribution is 6.31. The van der Waals surface area contributed by atoms with Gasteiger partial charge in [0.15, 0.2) is 11.5 Å². The van der Waals surface area contributed by atoms with Crippen LogP contribution in [0, 0.1) is 24.0 Å². The summed E-state index contributed by atoms with van der Waals surface area (Å²) in [6.45, 7) is 3.73. The smallest absolute Gasteiger partial charge is 0.337 e. The summed E-state index contributed by atoms with van der Waals surface area (Å²) in [5.41, 5.74) is 16.1. The third-order valence-corrected chi connectivity index (χ3v) is 11.7. The van der Waals surface area contributed by atoms with E-state index in [1.807, 2.05) is 37.4 Å². The van der Waals surface area contributed by atoms with Gasteiger partial charge in [-0.05, 0) is 93.8 Å². The summed E-state index contributed by atoms with van der Waals surface area (Å²) in [5, 5.41) is 31.2. The Balaban J connectivity index is 0.000000169. The number of anilines is 2. The minimum atomic E-state index is -1.05. The van der Waals surface area contributed by atoms with Crippen LogP contribution in [0.4, 0.5) is 17.2 Å². The summed E-state index contributed by atoms with van der Waals surface area (Å²) in [5.74, 6) is -0.410. The number of carboxylic acids is 2. The number of aryl methyl sites for hydroxylation is 2. The lowest BCUT2D eigenvalue weighted by Crippen LogP contribution is -2.23.